The zero-order chi connectivity index (χ0) is 22.6. The van der Waals surface area contributed by atoms with Crippen LogP contribution in [0.1, 0.15) is 28.1 Å². The second-order valence-electron chi connectivity index (χ2n) is 8.46. The molecule has 0 aliphatic carbocycles. The molecular formula is C25H29N5OS2. The van der Waals surface area contributed by atoms with Crippen molar-refractivity contribution in [1.29, 1.82) is 0 Å². The predicted molar refractivity (Wildman–Crippen MR) is 138 cm³/mol. The van der Waals surface area contributed by atoms with Gasteiger partial charge in [-0.2, -0.15) is 0 Å². The monoisotopic (exact) mass is 479 g/mol. The Morgan fingerprint density at radius 1 is 1.06 bits per heavy atom. The molecule has 0 spiro atoms. The van der Waals surface area contributed by atoms with Crippen molar-refractivity contribution in [2.75, 3.05) is 57.0 Å². The Morgan fingerprint density at radius 2 is 1.82 bits per heavy atom. The van der Waals surface area contributed by atoms with E-state index in [9.17, 15) is 4.79 Å². The minimum Gasteiger partial charge on any atom is -0.356 e. The average Bonchev–Trinajstić information content (AvgIpc) is 3.54. The smallest absolute Gasteiger partial charge is 0.264 e. The lowest BCUT2D eigenvalue weighted by Gasteiger charge is -2.33. The summed E-state index contributed by atoms with van der Waals surface area (Å²) in [5.41, 5.74) is 1.22. The number of piperazine rings is 1. The molecule has 5 rings (SSSR count). The summed E-state index contributed by atoms with van der Waals surface area (Å²) in [6, 6.07) is 12.4. The second-order valence-corrected chi connectivity index (χ2v) is 10.3. The third-order valence-electron chi connectivity index (χ3n) is 6.28. The SMILES string of the molecule is CSc1nc(N2CCCC2)c2cc(C(=O)N3CCN(C/C=C/c4ccccc4)CC3)sc2n1. The van der Waals surface area contributed by atoms with Crippen LogP contribution in [0, 0.1) is 0 Å². The van der Waals surface area contributed by atoms with Crippen molar-refractivity contribution >= 4 is 51.1 Å². The van der Waals surface area contributed by atoms with E-state index in [1.165, 1.54) is 29.7 Å². The number of nitrogens with zero attached hydrogens (tertiary/aromatic N) is 5. The summed E-state index contributed by atoms with van der Waals surface area (Å²) in [7, 11) is 0. The molecule has 1 amide bonds. The number of benzene rings is 1. The van der Waals surface area contributed by atoms with Crippen molar-refractivity contribution in [3.63, 3.8) is 0 Å². The van der Waals surface area contributed by atoms with Crippen LogP contribution in [0.15, 0.2) is 47.6 Å². The molecule has 33 heavy (non-hydrogen) atoms. The molecule has 2 aromatic heterocycles. The van der Waals surface area contributed by atoms with E-state index in [4.69, 9.17) is 9.97 Å². The number of aromatic nitrogens is 2. The van der Waals surface area contributed by atoms with Gasteiger partial charge in [0, 0.05) is 45.8 Å². The maximum Gasteiger partial charge on any atom is 0.264 e. The van der Waals surface area contributed by atoms with Gasteiger partial charge in [0.15, 0.2) is 5.16 Å². The van der Waals surface area contributed by atoms with Gasteiger partial charge < -0.3 is 9.80 Å². The van der Waals surface area contributed by atoms with E-state index in [2.05, 4.69) is 46.2 Å². The fraction of sp³-hybridized carbons (Fsp3) is 0.400. The fourth-order valence-electron chi connectivity index (χ4n) is 4.45. The minimum absolute atomic E-state index is 0.121. The number of amides is 1. The van der Waals surface area contributed by atoms with Crippen LogP contribution in [0.4, 0.5) is 5.82 Å². The Labute approximate surface area is 203 Å². The van der Waals surface area contributed by atoms with E-state index >= 15 is 0 Å². The number of rotatable bonds is 6. The summed E-state index contributed by atoms with van der Waals surface area (Å²) < 4.78 is 0. The Bertz CT molecular complexity index is 1130. The molecule has 2 fully saturated rings. The lowest BCUT2D eigenvalue weighted by Crippen LogP contribution is -2.48. The summed E-state index contributed by atoms with van der Waals surface area (Å²) in [6.45, 7) is 6.27. The van der Waals surface area contributed by atoms with E-state index in [-0.39, 0.29) is 5.91 Å². The largest absolute Gasteiger partial charge is 0.356 e. The van der Waals surface area contributed by atoms with Gasteiger partial charge >= 0.3 is 0 Å². The Hall–Kier alpha value is -2.42. The first-order valence-electron chi connectivity index (χ1n) is 11.5. The summed E-state index contributed by atoms with van der Waals surface area (Å²) in [5, 5.41) is 1.80. The Morgan fingerprint density at radius 3 is 2.55 bits per heavy atom. The molecular weight excluding hydrogens is 450 g/mol. The number of hydrogen-bond donors (Lipinski definition) is 0. The second kappa shape index (κ2) is 10.2. The molecule has 8 heteroatoms. The molecule has 3 aromatic rings. The fourth-order valence-corrected chi connectivity index (χ4v) is 5.86. The highest BCUT2D eigenvalue weighted by atomic mass is 32.2. The molecule has 0 saturated carbocycles. The molecule has 0 radical (unpaired) electrons. The van der Waals surface area contributed by atoms with Crippen molar-refractivity contribution in [3.05, 3.63) is 52.9 Å². The predicted octanol–water partition coefficient (Wildman–Crippen LogP) is 4.48. The van der Waals surface area contributed by atoms with Crippen molar-refractivity contribution in [3.8, 4) is 0 Å². The highest BCUT2D eigenvalue weighted by molar-refractivity contribution is 7.98. The van der Waals surface area contributed by atoms with Crippen LogP contribution in [0.5, 0.6) is 0 Å². The molecule has 2 aliphatic heterocycles. The van der Waals surface area contributed by atoms with Crippen LogP contribution in [-0.4, -0.2) is 77.7 Å². The van der Waals surface area contributed by atoms with Crippen molar-refractivity contribution < 1.29 is 4.79 Å². The van der Waals surface area contributed by atoms with E-state index < -0.39 is 0 Å². The standard InChI is InChI=1S/C25H29N5OS2/c1-32-25-26-22(29-12-5-6-13-29)20-18-21(33-23(20)27-25)24(31)30-16-14-28(15-17-30)11-7-10-19-8-3-2-4-9-19/h2-4,7-10,18H,5-6,11-17H2,1H3/b10-7+. The van der Waals surface area contributed by atoms with Crippen molar-refractivity contribution in [1.82, 2.24) is 19.8 Å². The van der Waals surface area contributed by atoms with Crippen LogP contribution < -0.4 is 4.90 Å². The lowest BCUT2D eigenvalue weighted by molar-refractivity contribution is 0.0655. The van der Waals surface area contributed by atoms with Crippen LogP contribution >= 0.6 is 23.1 Å². The zero-order valence-electron chi connectivity index (χ0n) is 18.9. The molecule has 0 unspecified atom stereocenters. The zero-order valence-corrected chi connectivity index (χ0v) is 20.6. The maximum absolute atomic E-state index is 13.3. The molecule has 4 heterocycles. The van der Waals surface area contributed by atoms with Crippen LogP contribution in [-0.2, 0) is 0 Å². The number of anilines is 1. The van der Waals surface area contributed by atoms with Crippen LogP contribution in [0.2, 0.25) is 0 Å². The van der Waals surface area contributed by atoms with E-state index in [1.54, 1.807) is 11.8 Å². The molecule has 2 aliphatic rings. The first-order chi connectivity index (χ1) is 16.2. The number of thioether (sulfide) groups is 1. The van der Waals surface area contributed by atoms with Gasteiger partial charge in [0.05, 0.1) is 10.3 Å². The van der Waals surface area contributed by atoms with Crippen molar-refractivity contribution in [2.45, 2.75) is 18.0 Å². The molecule has 6 nitrogen and oxygen atoms in total. The molecule has 172 valence electrons. The van der Waals surface area contributed by atoms with Gasteiger partial charge in [-0.25, -0.2) is 9.97 Å². The molecule has 2 saturated heterocycles. The van der Waals surface area contributed by atoms with Gasteiger partial charge in [0.2, 0.25) is 0 Å². The van der Waals surface area contributed by atoms with Gasteiger partial charge in [-0.05, 0) is 30.7 Å². The van der Waals surface area contributed by atoms with Crippen LogP contribution in [0.3, 0.4) is 0 Å². The van der Waals surface area contributed by atoms with Gasteiger partial charge in [-0.1, -0.05) is 54.2 Å². The highest BCUT2D eigenvalue weighted by Crippen LogP contribution is 2.34. The third kappa shape index (κ3) is 5.08. The molecule has 0 atom stereocenters. The number of fused-ring (bicyclic) bond motifs is 1. The molecule has 0 N–H and O–H groups in total. The Balaban J connectivity index is 1.25. The number of carbonyl (C=O) groups excluding carboxylic acids is 1. The van der Waals surface area contributed by atoms with E-state index in [0.717, 1.165) is 71.9 Å². The van der Waals surface area contributed by atoms with E-state index in [0.29, 0.717) is 0 Å². The van der Waals surface area contributed by atoms with Gasteiger partial charge in [-0.15, -0.1) is 11.3 Å². The first kappa shape index (κ1) is 22.4. The summed E-state index contributed by atoms with van der Waals surface area (Å²) in [6.07, 6.45) is 8.77. The molecule has 1 aromatic carbocycles. The summed E-state index contributed by atoms with van der Waals surface area (Å²) in [5.74, 6) is 1.11. The summed E-state index contributed by atoms with van der Waals surface area (Å²) >= 11 is 3.07. The third-order valence-corrected chi connectivity index (χ3v) is 7.85. The van der Waals surface area contributed by atoms with Gasteiger partial charge in [0.1, 0.15) is 10.6 Å². The van der Waals surface area contributed by atoms with Gasteiger partial charge in [-0.3, -0.25) is 9.69 Å². The van der Waals surface area contributed by atoms with Gasteiger partial charge in [0.25, 0.3) is 5.91 Å². The first-order valence-corrected chi connectivity index (χ1v) is 13.6. The number of thiophene rings is 1. The van der Waals surface area contributed by atoms with Crippen molar-refractivity contribution in [2.24, 2.45) is 0 Å². The quantitative estimate of drug-likeness (QED) is 0.384. The van der Waals surface area contributed by atoms with Crippen LogP contribution in [0.25, 0.3) is 16.3 Å². The molecule has 0 bridgehead atoms. The minimum atomic E-state index is 0.121. The summed E-state index contributed by atoms with van der Waals surface area (Å²) in [4.78, 5) is 31.2. The number of carbonyl (C=O) groups is 1. The topological polar surface area (TPSA) is 52.6 Å². The normalized spacial score (nSPS) is 17.5. The van der Waals surface area contributed by atoms with E-state index in [1.807, 2.05) is 23.3 Å². The Kier molecular flexibility index (Phi) is 6.94. The number of hydrogen-bond acceptors (Lipinski definition) is 7. The maximum atomic E-state index is 13.3. The lowest BCUT2D eigenvalue weighted by atomic mass is 10.2. The highest BCUT2D eigenvalue weighted by Gasteiger charge is 2.25. The average molecular weight is 480 g/mol.